The van der Waals surface area contributed by atoms with E-state index in [2.05, 4.69) is 10.6 Å². The lowest BCUT2D eigenvalue weighted by molar-refractivity contribution is -0.152. The Kier molecular flexibility index (Phi) is 8.70. The summed E-state index contributed by atoms with van der Waals surface area (Å²) in [5.74, 6) is 0.869. The van der Waals surface area contributed by atoms with Crippen LogP contribution < -0.4 is 20.1 Å². The molecule has 4 aromatic rings. The summed E-state index contributed by atoms with van der Waals surface area (Å²) in [4.78, 5) is 37.0. The third-order valence-corrected chi connectivity index (χ3v) is 5.27. The van der Waals surface area contributed by atoms with E-state index in [9.17, 15) is 14.4 Å². The predicted molar refractivity (Wildman–Crippen MR) is 142 cm³/mol. The Morgan fingerprint density at radius 1 is 0.658 bits per heavy atom. The van der Waals surface area contributed by atoms with Crippen molar-refractivity contribution in [3.63, 3.8) is 0 Å². The molecule has 4 aromatic carbocycles. The summed E-state index contributed by atoms with van der Waals surface area (Å²) in [7, 11) is 0. The molecule has 192 valence electrons. The Labute approximate surface area is 220 Å². The highest BCUT2D eigenvalue weighted by molar-refractivity contribution is 5.97. The van der Waals surface area contributed by atoms with Crippen molar-refractivity contribution >= 4 is 23.5 Å². The molecule has 8 nitrogen and oxygen atoms in total. The molecule has 2 N–H and O–H groups in total. The van der Waals surface area contributed by atoms with Crippen molar-refractivity contribution < 1.29 is 28.6 Å². The Balaban J connectivity index is 1.19. The number of carbonyl (C=O) groups is 3. The van der Waals surface area contributed by atoms with Crippen LogP contribution in [0.25, 0.3) is 0 Å². The standard InChI is InChI=1S/C30H26N2O6/c1-21(29(34)32-23-14-18-27(19-15-23)38-25-10-6-3-7-11-25)36-28(33)20-31-30(35)22-12-16-26(17-13-22)37-24-8-4-2-5-9-24/h2-19,21H,20H2,1H3,(H,31,35)(H,32,34). The zero-order valence-electron chi connectivity index (χ0n) is 20.6. The van der Waals surface area contributed by atoms with Gasteiger partial charge in [-0.2, -0.15) is 0 Å². The molecule has 0 aliphatic heterocycles. The average Bonchev–Trinajstić information content (AvgIpc) is 2.94. The monoisotopic (exact) mass is 510 g/mol. The van der Waals surface area contributed by atoms with E-state index in [0.29, 0.717) is 34.2 Å². The second kappa shape index (κ2) is 12.7. The van der Waals surface area contributed by atoms with Gasteiger partial charge in [0.25, 0.3) is 11.8 Å². The summed E-state index contributed by atoms with van der Waals surface area (Å²) in [6.45, 7) is 1.07. The molecule has 1 atom stereocenters. The molecule has 0 heterocycles. The molecular formula is C30H26N2O6. The number of para-hydroxylation sites is 2. The van der Waals surface area contributed by atoms with E-state index in [-0.39, 0.29) is 6.54 Å². The molecule has 0 aliphatic rings. The van der Waals surface area contributed by atoms with E-state index in [4.69, 9.17) is 14.2 Å². The largest absolute Gasteiger partial charge is 0.457 e. The molecule has 0 bridgehead atoms. The molecule has 2 amide bonds. The summed E-state index contributed by atoms with van der Waals surface area (Å²) in [5.41, 5.74) is 0.870. The zero-order chi connectivity index (χ0) is 26.7. The van der Waals surface area contributed by atoms with Crippen LogP contribution in [-0.4, -0.2) is 30.4 Å². The van der Waals surface area contributed by atoms with Gasteiger partial charge >= 0.3 is 5.97 Å². The van der Waals surface area contributed by atoms with Gasteiger partial charge in [-0.05, 0) is 79.7 Å². The molecule has 0 aromatic heterocycles. The van der Waals surface area contributed by atoms with Crippen LogP contribution in [0.5, 0.6) is 23.0 Å². The second-order valence-electron chi connectivity index (χ2n) is 8.18. The van der Waals surface area contributed by atoms with Crippen molar-refractivity contribution in [2.24, 2.45) is 0 Å². The molecule has 0 saturated carbocycles. The van der Waals surface area contributed by atoms with Crippen LogP contribution in [-0.2, 0) is 14.3 Å². The van der Waals surface area contributed by atoms with Crippen LogP contribution in [0, 0.1) is 0 Å². The Morgan fingerprint density at radius 3 is 1.66 bits per heavy atom. The number of hydrogen-bond acceptors (Lipinski definition) is 6. The van der Waals surface area contributed by atoms with E-state index in [0.717, 1.165) is 0 Å². The first-order valence-electron chi connectivity index (χ1n) is 11.9. The highest BCUT2D eigenvalue weighted by Crippen LogP contribution is 2.23. The molecule has 0 aliphatic carbocycles. The SMILES string of the molecule is CC(OC(=O)CNC(=O)c1ccc(Oc2ccccc2)cc1)C(=O)Nc1ccc(Oc2ccccc2)cc1. The van der Waals surface area contributed by atoms with Gasteiger partial charge in [-0.3, -0.25) is 14.4 Å². The van der Waals surface area contributed by atoms with Crippen molar-refractivity contribution in [3.05, 3.63) is 115 Å². The van der Waals surface area contributed by atoms with Gasteiger partial charge in [0.05, 0.1) is 0 Å². The van der Waals surface area contributed by atoms with Crippen LogP contribution in [0.1, 0.15) is 17.3 Å². The van der Waals surface area contributed by atoms with Gasteiger partial charge in [0.1, 0.15) is 29.5 Å². The van der Waals surface area contributed by atoms with Gasteiger partial charge in [0.15, 0.2) is 6.10 Å². The van der Waals surface area contributed by atoms with Crippen molar-refractivity contribution in [3.8, 4) is 23.0 Å². The van der Waals surface area contributed by atoms with E-state index < -0.39 is 23.9 Å². The highest BCUT2D eigenvalue weighted by Gasteiger charge is 2.19. The maximum absolute atomic E-state index is 12.4. The van der Waals surface area contributed by atoms with Crippen LogP contribution in [0.2, 0.25) is 0 Å². The molecule has 8 heteroatoms. The lowest BCUT2D eigenvalue weighted by atomic mass is 10.2. The second-order valence-corrected chi connectivity index (χ2v) is 8.18. The third kappa shape index (κ3) is 7.69. The Bertz CT molecular complexity index is 1360. The number of esters is 1. The number of anilines is 1. The van der Waals surface area contributed by atoms with Gasteiger partial charge in [-0.15, -0.1) is 0 Å². The minimum absolute atomic E-state index is 0.351. The van der Waals surface area contributed by atoms with Crippen LogP contribution in [0.3, 0.4) is 0 Å². The summed E-state index contributed by atoms with van der Waals surface area (Å²) in [6, 6.07) is 31.9. The van der Waals surface area contributed by atoms with Gasteiger partial charge in [-0.1, -0.05) is 36.4 Å². The fourth-order valence-corrected chi connectivity index (χ4v) is 3.32. The van der Waals surface area contributed by atoms with Crippen LogP contribution >= 0.6 is 0 Å². The lowest BCUT2D eigenvalue weighted by Crippen LogP contribution is -2.35. The van der Waals surface area contributed by atoms with Crippen LogP contribution in [0.4, 0.5) is 5.69 Å². The molecule has 0 saturated heterocycles. The summed E-state index contributed by atoms with van der Waals surface area (Å²) in [6.07, 6.45) is -1.06. The first-order chi connectivity index (χ1) is 18.5. The topological polar surface area (TPSA) is 103 Å². The molecule has 0 fully saturated rings. The molecular weight excluding hydrogens is 484 g/mol. The first kappa shape index (κ1) is 26.0. The number of ether oxygens (including phenoxy) is 3. The zero-order valence-corrected chi connectivity index (χ0v) is 20.6. The highest BCUT2D eigenvalue weighted by atomic mass is 16.5. The summed E-state index contributed by atoms with van der Waals surface area (Å²) in [5, 5.41) is 5.17. The molecule has 1 unspecified atom stereocenters. The van der Waals surface area contributed by atoms with Gasteiger partial charge in [0, 0.05) is 11.3 Å². The number of benzene rings is 4. The maximum atomic E-state index is 12.4. The van der Waals surface area contributed by atoms with Gasteiger partial charge < -0.3 is 24.8 Å². The number of amides is 2. The molecule has 0 radical (unpaired) electrons. The fourth-order valence-electron chi connectivity index (χ4n) is 3.32. The first-order valence-corrected chi connectivity index (χ1v) is 11.9. The average molecular weight is 511 g/mol. The quantitative estimate of drug-likeness (QED) is 0.270. The molecule has 0 spiro atoms. The minimum Gasteiger partial charge on any atom is -0.457 e. The smallest absolute Gasteiger partial charge is 0.326 e. The van der Waals surface area contributed by atoms with Crippen molar-refractivity contribution in [1.82, 2.24) is 5.32 Å². The van der Waals surface area contributed by atoms with E-state index in [1.807, 2.05) is 60.7 Å². The Hall–Kier alpha value is -5.11. The minimum atomic E-state index is -1.06. The summed E-state index contributed by atoms with van der Waals surface area (Å²) >= 11 is 0. The molecule has 4 rings (SSSR count). The fraction of sp³-hybridized carbons (Fsp3) is 0.100. The Morgan fingerprint density at radius 2 is 1.13 bits per heavy atom. The number of hydrogen-bond donors (Lipinski definition) is 2. The lowest BCUT2D eigenvalue weighted by Gasteiger charge is -2.14. The van der Waals surface area contributed by atoms with E-state index in [1.165, 1.54) is 6.92 Å². The van der Waals surface area contributed by atoms with Gasteiger partial charge in [0.2, 0.25) is 0 Å². The number of rotatable bonds is 10. The van der Waals surface area contributed by atoms with Crippen LogP contribution in [0.15, 0.2) is 109 Å². The number of nitrogens with one attached hydrogen (secondary N) is 2. The predicted octanol–water partition coefficient (Wildman–Crippen LogP) is 5.57. The maximum Gasteiger partial charge on any atom is 0.326 e. The van der Waals surface area contributed by atoms with E-state index >= 15 is 0 Å². The summed E-state index contributed by atoms with van der Waals surface area (Å²) < 4.78 is 16.6. The van der Waals surface area contributed by atoms with Crippen molar-refractivity contribution in [1.29, 1.82) is 0 Å². The van der Waals surface area contributed by atoms with Gasteiger partial charge in [-0.25, -0.2) is 0 Å². The van der Waals surface area contributed by atoms with Crippen molar-refractivity contribution in [2.45, 2.75) is 13.0 Å². The number of carbonyl (C=O) groups excluding carboxylic acids is 3. The third-order valence-electron chi connectivity index (χ3n) is 5.27. The van der Waals surface area contributed by atoms with Crippen molar-refractivity contribution in [2.75, 3.05) is 11.9 Å². The van der Waals surface area contributed by atoms with E-state index in [1.54, 1.807) is 48.5 Å². The normalized spacial score (nSPS) is 11.1. The molecule has 38 heavy (non-hydrogen) atoms.